The predicted octanol–water partition coefficient (Wildman–Crippen LogP) is 1.97. The molecule has 2 aromatic heterocycles. The van der Waals surface area contributed by atoms with Crippen molar-refractivity contribution >= 4 is 11.7 Å². The third-order valence-electron chi connectivity index (χ3n) is 5.58. The van der Waals surface area contributed by atoms with Crippen LogP contribution in [-0.2, 0) is 11.3 Å². The summed E-state index contributed by atoms with van der Waals surface area (Å²) < 4.78 is 2.03. The first-order valence-corrected chi connectivity index (χ1v) is 9.49. The van der Waals surface area contributed by atoms with E-state index in [9.17, 15) is 4.79 Å². The van der Waals surface area contributed by atoms with Crippen molar-refractivity contribution in [3.05, 3.63) is 36.5 Å². The van der Waals surface area contributed by atoms with Crippen molar-refractivity contribution in [1.29, 1.82) is 0 Å². The molecule has 0 aromatic carbocycles. The van der Waals surface area contributed by atoms with E-state index in [1.165, 1.54) is 0 Å². The average Bonchev–Trinajstić information content (AvgIpc) is 3.11. The number of aromatic nitrogens is 4. The number of hydrogen-bond acceptors (Lipinski definition) is 5. The van der Waals surface area contributed by atoms with Crippen LogP contribution in [0.5, 0.6) is 0 Å². The fourth-order valence-corrected chi connectivity index (χ4v) is 4.04. The molecule has 1 aliphatic heterocycles. The zero-order valence-corrected chi connectivity index (χ0v) is 15.2. The van der Waals surface area contributed by atoms with Crippen LogP contribution >= 0.6 is 0 Å². The van der Waals surface area contributed by atoms with E-state index in [-0.39, 0.29) is 5.91 Å². The fourth-order valence-electron chi connectivity index (χ4n) is 4.04. The SMILES string of the molecule is CC(=O)NC1CC(c2cc(N3CCC(Cn4cccn4)CC3)ncn2)C1. The van der Waals surface area contributed by atoms with E-state index >= 15 is 0 Å². The molecule has 2 fully saturated rings. The number of amides is 1. The van der Waals surface area contributed by atoms with Gasteiger partial charge in [-0.15, -0.1) is 0 Å². The van der Waals surface area contributed by atoms with Gasteiger partial charge in [0.25, 0.3) is 0 Å². The summed E-state index contributed by atoms with van der Waals surface area (Å²) in [5, 5.41) is 7.29. The Labute approximate surface area is 153 Å². The molecular weight excluding hydrogens is 328 g/mol. The summed E-state index contributed by atoms with van der Waals surface area (Å²) in [6.07, 6.45) is 9.83. The quantitative estimate of drug-likeness (QED) is 0.888. The molecule has 1 aliphatic carbocycles. The minimum atomic E-state index is 0.0507. The van der Waals surface area contributed by atoms with Gasteiger partial charge < -0.3 is 10.2 Å². The number of anilines is 1. The van der Waals surface area contributed by atoms with Gasteiger partial charge in [0.1, 0.15) is 12.1 Å². The number of carbonyl (C=O) groups excluding carboxylic acids is 1. The first kappa shape index (κ1) is 17.0. The van der Waals surface area contributed by atoms with E-state index < -0.39 is 0 Å². The van der Waals surface area contributed by atoms with E-state index in [1.54, 1.807) is 13.3 Å². The zero-order valence-electron chi connectivity index (χ0n) is 15.2. The van der Waals surface area contributed by atoms with Crippen molar-refractivity contribution in [3.8, 4) is 0 Å². The lowest BCUT2D eigenvalue weighted by atomic mass is 9.78. The molecule has 2 aliphatic rings. The molecule has 3 heterocycles. The lowest BCUT2D eigenvalue weighted by Crippen LogP contribution is -2.42. The van der Waals surface area contributed by atoms with Gasteiger partial charge in [0.2, 0.25) is 5.91 Å². The lowest BCUT2D eigenvalue weighted by molar-refractivity contribution is -0.120. The number of nitrogens with zero attached hydrogens (tertiary/aromatic N) is 5. The maximum Gasteiger partial charge on any atom is 0.217 e. The van der Waals surface area contributed by atoms with Crippen LogP contribution in [0.2, 0.25) is 0 Å². The summed E-state index contributed by atoms with van der Waals surface area (Å²) in [6.45, 7) is 4.64. The van der Waals surface area contributed by atoms with Gasteiger partial charge in [0.15, 0.2) is 0 Å². The molecule has 1 amide bonds. The maximum atomic E-state index is 11.1. The van der Waals surface area contributed by atoms with Crippen molar-refractivity contribution in [2.75, 3.05) is 18.0 Å². The van der Waals surface area contributed by atoms with Gasteiger partial charge in [-0.25, -0.2) is 9.97 Å². The maximum absolute atomic E-state index is 11.1. The van der Waals surface area contributed by atoms with Crippen LogP contribution < -0.4 is 10.2 Å². The first-order valence-electron chi connectivity index (χ1n) is 9.49. The van der Waals surface area contributed by atoms with Gasteiger partial charge in [-0.3, -0.25) is 9.48 Å². The first-order chi connectivity index (χ1) is 12.7. The molecule has 0 spiro atoms. The molecule has 0 bridgehead atoms. The van der Waals surface area contributed by atoms with E-state index in [4.69, 9.17) is 0 Å². The summed E-state index contributed by atoms with van der Waals surface area (Å²) in [7, 11) is 0. The summed E-state index contributed by atoms with van der Waals surface area (Å²) >= 11 is 0. The fraction of sp³-hybridized carbons (Fsp3) is 0.579. The molecule has 1 N–H and O–H groups in total. The Morgan fingerprint density at radius 3 is 2.77 bits per heavy atom. The van der Waals surface area contributed by atoms with Crippen molar-refractivity contribution in [2.45, 2.75) is 51.1 Å². The van der Waals surface area contributed by atoms with Crippen LogP contribution in [0.1, 0.15) is 44.2 Å². The normalized spacial score (nSPS) is 23.5. The lowest BCUT2D eigenvalue weighted by Gasteiger charge is -2.36. The molecule has 0 unspecified atom stereocenters. The molecule has 4 rings (SSSR count). The number of rotatable bonds is 5. The number of piperidine rings is 1. The van der Waals surface area contributed by atoms with Crippen LogP contribution in [0.25, 0.3) is 0 Å². The standard InChI is InChI=1S/C19H26N6O/c1-14(26)23-17-9-16(10-17)18-11-19(21-13-20-18)24-7-3-15(4-8-24)12-25-6-2-5-22-25/h2,5-6,11,13,15-17H,3-4,7-10,12H2,1H3,(H,23,26). The van der Waals surface area contributed by atoms with Crippen LogP contribution in [0.3, 0.4) is 0 Å². The van der Waals surface area contributed by atoms with Gasteiger partial charge >= 0.3 is 0 Å². The summed E-state index contributed by atoms with van der Waals surface area (Å²) in [5.74, 6) is 2.20. The second-order valence-electron chi connectivity index (χ2n) is 7.53. The zero-order chi connectivity index (χ0) is 17.9. The van der Waals surface area contributed by atoms with E-state index in [0.29, 0.717) is 17.9 Å². The van der Waals surface area contributed by atoms with Crippen LogP contribution in [0.4, 0.5) is 5.82 Å². The van der Waals surface area contributed by atoms with Gasteiger partial charge in [-0.2, -0.15) is 5.10 Å². The predicted molar refractivity (Wildman–Crippen MR) is 98.8 cm³/mol. The molecule has 7 nitrogen and oxygen atoms in total. The molecule has 138 valence electrons. The summed E-state index contributed by atoms with van der Waals surface area (Å²) in [5.41, 5.74) is 1.11. The summed E-state index contributed by atoms with van der Waals surface area (Å²) in [4.78, 5) is 22.5. The minimum Gasteiger partial charge on any atom is -0.356 e. The van der Waals surface area contributed by atoms with Crippen molar-refractivity contribution in [1.82, 2.24) is 25.1 Å². The van der Waals surface area contributed by atoms with Gasteiger partial charge in [0, 0.05) is 62.7 Å². The van der Waals surface area contributed by atoms with E-state index in [0.717, 1.165) is 56.8 Å². The molecule has 1 saturated carbocycles. The van der Waals surface area contributed by atoms with Crippen LogP contribution in [0.15, 0.2) is 30.9 Å². The van der Waals surface area contributed by atoms with Gasteiger partial charge in [0.05, 0.1) is 0 Å². The Morgan fingerprint density at radius 2 is 2.08 bits per heavy atom. The smallest absolute Gasteiger partial charge is 0.217 e. The van der Waals surface area contributed by atoms with Crippen molar-refractivity contribution in [3.63, 3.8) is 0 Å². The molecular formula is C19H26N6O. The van der Waals surface area contributed by atoms with Crippen molar-refractivity contribution in [2.24, 2.45) is 5.92 Å². The number of hydrogen-bond donors (Lipinski definition) is 1. The van der Waals surface area contributed by atoms with Gasteiger partial charge in [-0.05, 0) is 37.7 Å². The highest BCUT2D eigenvalue weighted by Gasteiger charge is 2.32. The largest absolute Gasteiger partial charge is 0.356 e. The number of carbonyl (C=O) groups is 1. The highest BCUT2D eigenvalue weighted by atomic mass is 16.1. The Hall–Kier alpha value is -2.44. The molecule has 1 saturated heterocycles. The molecule has 0 atom stereocenters. The summed E-state index contributed by atoms with van der Waals surface area (Å²) in [6, 6.07) is 4.42. The van der Waals surface area contributed by atoms with Crippen LogP contribution in [-0.4, -0.2) is 44.8 Å². The highest BCUT2D eigenvalue weighted by Crippen LogP contribution is 2.36. The molecule has 26 heavy (non-hydrogen) atoms. The topological polar surface area (TPSA) is 75.9 Å². The average molecular weight is 354 g/mol. The Morgan fingerprint density at radius 1 is 1.27 bits per heavy atom. The Kier molecular flexibility index (Phi) is 4.86. The highest BCUT2D eigenvalue weighted by molar-refractivity contribution is 5.73. The monoisotopic (exact) mass is 354 g/mol. The second-order valence-corrected chi connectivity index (χ2v) is 7.53. The van der Waals surface area contributed by atoms with Gasteiger partial charge in [-0.1, -0.05) is 0 Å². The third kappa shape index (κ3) is 3.86. The molecule has 7 heteroatoms. The second kappa shape index (κ2) is 7.43. The molecule has 0 radical (unpaired) electrons. The Bertz CT molecular complexity index is 732. The van der Waals surface area contributed by atoms with Crippen molar-refractivity contribution < 1.29 is 4.79 Å². The Balaban J connectivity index is 1.31. The molecule has 2 aromatic rings. The number of nitrogens with one attached hydrogen (secondary N) is 1. The van der Waals surface area contributed by atoms with E-state index in [2.05, 4.69) is 31.3 Å². The third-order valence-corrected chi connectivity index (χ3v) is 5.58. The van der Waals surface area contributed by atoms with Crippen LogP contribution in [0, 0.1) is 5.92 Å². The minimum absolute atomic E-state index is 0.0507. The van der Waals surface area contributed by atoms with E-state index in [1.807, 2.05) is 23.1 Å².